The van der Waals surface area contributed by atoms with Crippen LogP contribution in [0.15, 0.2) is 25.0 Å². The molecule has 1 aromatic heterocycles. The molecule has 3 heteroatoms. The fourth-order valence-corrected chi connectivity index (χ4v) is 0.787. The van der Waals surface area contributed by atoms with Crippen LogP contribution in [0.1, 0.15) is 17.6 Å². The molecule has 0 radical (unpaired) electrons. The molecule has 11 heavy (non-hydrogen) atoms. The first kappa shape index (κ1) is 7.85. The molecule has 1 heterocycles. The van der Waals surface area contributed by atoms with Crippen molar-refractivity contribution in [3.63, 3.8) is 0 Å². The third-order valence-corrected chi connectivity index (χ3v) is 1.34. The van der Waals surface area contributed by atoms with Crippen molar-refractivity contribution in [1.29, 1.82) is 0 Å². The number of aromatic nitrogens is 1. The quantitative estimate of drug-likeness (QED) is 0.639. The maximum Gasteiger partial charge on any atom is 0.264 e. The molecule has 0 aliphatic carbocycles. The number of rotatable bonds is 2. The van der Waals surface area contributed by atoms with E-state index >= 15 is 0 Å². The first-order chi connectivity index (χ1) is 5.25. The topological polar surface area (TPSA) is 12.9 Å². The van der Waals surface area contributed by atoms with Crippen molar-refractivity contribution in [2.75, 3.05) is 0 Å². The molecule has 0 atom stereocenters. The molecular formula is C8H7F2N. The van der Waals surface area contributed by atoms with E-state index in [0.29, 0.717) is 5.56 Å². The number of hydrogen-bond donors (Lipinski definition) is 0. The van der Waals surface area contributed by atoms with Crippen molar-refractivity contribution in [3.8, 4) is 0 Å². The first-order valence-corrected chi connectivity index (χ1v) is 3.10. The van der Waals surface area contributed by atoms with Gasteiger partial charge >= 0.3 is 0 Å². The Morgan fingerprint density at radius 2 is 2.27 bits per heavy atom. The summed E-state index contributed by atoms with van der Waals surface area (Å²) in [4.78, 5) is 3.69. The molecule has 0 aliphatic rings. The number of nitrogens with zero attached hydrogens (tertiary/aromatic N) is 1. The first-order valence-electron chi connectivity index (χ1n) is 3.10. The van der Waals surface area contributed by atoms with Crippen LogP contribution in [-0.2, 0) is 0 Å². The minimum absolute atomic E-state index is 0.0185. The Hall–Kier alpha value is -1.25. The minimum atomic E-state index is -2.45. The molecule has 0 aliphatic heterocycles. The summed E-state index contributed by atoms with van der Waals surface area (Å²) in [5, 5.41) is 0. The number of pyridine rings is 1. The number of halogens is 2. The lowest BCUT2D eigenvalue weighted by Crippen LogP contribution is -1.89. The van der Waals surface area contributed by atoms with Crippen molar-refractivity contribution in [1.82, 2.24) is 4.98 Å². The molecule has 0 fully saturated rings. The zero-order chi connectivity index (χ0) is 8.27. The van der Waals surface area contributed by atoms with E-state index in [-0.39, 0.29) is 5.56 Å². The second-order valence-electron chi connectivity index (χ2n) is 2.01. The maximum atomic E-state index is 12.1. The second kappa shape index (κ2) is 3.23. The van der Waals surface area contributed by atoms with E-state index in [0.717, 1.165) is 0 Å². The average molecular weight is 155 g/mol. The van der Waals surface area contributed by atoms with Crippen LogP contribution in [0, 0.1) is 0 Å². The molecule has 1 aromatic rings. The zero-order valence-electron chi connectivity index (χ0n) is 5.80. The van der Waals surface area contributed by atoms with E-state index in [4.69, 9.17) is 0 Å². The molecule has 0 unspecified atom stereocenters. The molecule has 58 valence electrons. The molecule has 0 N–H and O–H groups in total. The normalized spacial score (nSPS) is 10.1. The van der Waals surface area contributed by atoms with Crippen LogP contribution in [0.4, 0.5) is 8.78 Å². The Labute approximate surface area is 63.4 Å². The van der Waals surface area contributed by atoms with Gasteiger partial charge in [-0.05, 0) is 6.07 Å². The maximum absolute atomic E-state index is 12.1. The lowest BCUT2D eigenvalue weighted by Gasteiger charge is -2.01. The third kappa shape index (κ3) is 1.61. The van der Waals surface area contributed by atoms with E-state index in [9.17, 15) is 8.78 Å². The van der Waals surface area contributed by atoms with Gasteiger partial charge in [0, 0.05) is 23.5 Å². The van der Waals surface area contributed by atoms with Gasteiger partial charge in [0.05, 0.1) is 0 Å². The van der Waals surface area contributed by atoms with Crippen molar-refractivity contribution in [2.24, 2.45) is 0 Å². The van der Waals surface area contributed by atoms with Gasteiger partial charge in [0.15, 0.2) is 0 Å². The van der Waals surface area contributed by atoms with Gasteiger partial charge < -0.3 is 0 Å². The third-order valence-electron chi connectivity index (χ3n) is 1.34. The summed E-state index contributed by atoms with van der Waals surface area (Å²) >= 11 is 0. The summed E-state index contributed by atoms with van der Waals surface area (Å²) in [6, 6.07) is 1.29. The number of hydrogen-bond acceptors (Lipinski definition) is 1. The molecule has 0 saturated heterocycles. The summed E-state index contributed by atoms with van der Waals surface area (Å²) in [7, 11) is 0. The summed E-state index contributed by atoms with van der Waals surface area (Å²) in [5.41, 5.74) is 0.373. The predicted octanol–water partition coefficient (Wildman–Crippen LogP) is 2.66. The van der Waals surface area contributed by atoms with Gasteiger partial charge in [-0.15, -0.1) is 0 Å². The van der Waals surface area contributed by atoms with E-state index in [1.165, 1.54) is 24.5 Å². The molecule has 0 bridgehead atoms. The van der Waals surface area contributed by atoms with Gasteiger partial charge in [-0.3, -0.25) is 4.98 Å². The van der Waals surface area contributed by atoms with E-state index in [2.05, 4.69) is 11.6 Å². The van der Waals surface area contributed by atoms with Gasteiger partial charge in [-0.1, -0.05) is 12.7 Å². The Kier molecular flexibility index (Phi) is 2.31. The highest BCUT2D eigenvalue weighted by Gasteiger charge is 2.09. The van der Waals surface area contributed by atoms with Crippen LogP contribution >= 0.6 is 0 Å². The highest BCUT2D eigenvalue weighted by Crippen LogP contribution is 2.21. The molecule has 0 spiro atoms. The van der Waals surface area contributed by atoms with Crippen molar-refractivity contribution in [3.05, 3.63) is 36.2 Å². The molecule has 0 saturated carbocycles. The standard InChI is InChI=1S/C8H7F2N/c1-2-6-5-11-4-3-7(6)8(9)10/h2-5,8H,1H2. The van der Waals surface area contributed by atoms with Crippen LogP contribution in [0.2, 0.25) is 0 Å². The van der Waals surface area contributed by atoms with Crippen LogP contribution in [0.25, 0.3) is 6.08 Å². The minimum Gasteiger partial charge on any atom is -0.264 e. The monoisotopic (exact) mass is 155 g/mol. The number of alkyl halides is 2. The van der Waals surface area contributed by atoms with Crippen molar-refractivity contribution >= 4 is 6.08 Å². The van der Waals surface area contributed by atoms with Gasteiger partial charge in [-0.2, -0.15) is 0 Å². The van der Waals surface area contributed by atoms with Crippen LogP contribution in [0.5, 0.6) is 0 Å². The fraction of sp³-hybridized carbons (Fsp3) is 0.125. The zero-order valence-corrected chi connectivity index (χ0v) is 5.80. The lowest BCUT2D eigenvalue weighted by atomic mass is 10.1. The largest absolute Gasteiger partial charge is 0.264 e. The molecule has 1 nitrogen and oxygen atoms in total. The Balaban J connectivity index is 3.12. The van der Waals surface area contributed by atoms with Gasteiger partial charge in [-0.25, -0.2) is 8.78 Å². The predicted molar refractivity (Wildman–Crippen MR) is 39.3 cm³/mol. The van der Waals surface area contributed by atoms with E-state index in [1.54, 1.807) is 0 Å². The highest BCUT2D eigenvalue weighted by atomic mass is 19.3. The van der Waals surface area contributed by atoms with Crippen LogP contribution < -0.4 is 0 Å². The molecule has 0 amide bonds. The Morgan fingerprint density at radius 1 is 1.55 bits per heavy atom. The fourth-order valence-electron chi connectivity index (χ4n) is 0.787. The average Bonchev–Trinajstić information content (AvgIpc) is 2.04. The SMILES string of the molecule is C=Cc1cnccc1C(F)F. The summed E-state index contributed by atoms with van der Waals surface area (Å²) in [6.45, 7) is 3.40. The molecular weight excluding hydrogens is 148 g/mol. The molecule has 0 aromatic carbocycles. The van der Waals surface area contributed by atoms with E-state index < -0.39 is 6.43 Å². The Morgan fingerprint density at radius 3 is 2.73 bits per heavy atom. The molecule has 1 rings (SSSR count). The summed E-state index contributed by atoms with van der Waals surface area (Å²) < 4.78 is 24.3. The van der Waals surface area contributed by atoms with Gasteiger partial charge in [0.25, 0.3) is 6.43 Å². The van der Waals surface area contributed by atoms with E-state index in [1.807, 2.05) is 0 Å². The van der Waals surface area contributed by atoms with Gasteiger partial charge in [0.1, 0.15) is 0 Å². The summed E-state index contributed by atoms with van der Waals surface area (Å²) in [6.07, 6.45) is 1.63. The van der Waals surface area contributed by atoms with Crippen molar-refractivity contribution in [2.45, 2.75) is 6.43 Å². The highest BCUT2D eigenvalue weighted by molar-refractivity contribution is 5.50. The van der Waals surface area contributed by atoms with Crippen LogP contribution in [-0.4, -0.2) is 4.98 Å². The lowest BCUT2D eigenvalue weighted by molar-refractivity contribution is 0.151. The van der Waals surface area contributed by atoms with Crippen molar-refractivity contribution < 1.29 is 8.78 Å². The van der Waals surface area contributed by atoms with Crippen LogP contribution in [0.3, 0.4) is 0 Å². The smallest absolute Gasteiger partial charge is 0.264 e. The summed E-state index contributed by atoms with van der Waals surface area (Å²) in [5.74, 6) is 0. The van der Waals surface area contributed by atoms with Gasteiger partial charge in [0.2, 0.25) is 0 Å². The second-order valence-corrected chi connectivity index (χ2v) is 2.01. The Bertz CT molecular complexity index is 258.